The van der Waals surface area contributed by atoms with Crippen molar-refractivity contribution in [1.29, 1.82) is 0 Å². The molecule has 1 saturated carbocycles. The standard InChI is InChI=1S/C28H31Br2ClN2O3/c29-21-12-20-6-5-19-13-22(31)14-23(30)25(19)26(27(20)32-15-21)17-7-9-33(10-8-17)24(34)11-16-1-3-18(4-2-16)28(35)36/h12-18,26H,1-11H2,(H,35,36)/t16?,18?,26-/m1/s1. The summed E-state index contributed by atoms with van der Waals surface area (Å²) in [6, 6.07) is 6.30. The highest BCUT2D eigenvalue weighted by Crippen LogP contribution is 2.46. The van der Waals surface area contributed by atoms with Crippen LogP contribution in [-0.4, -0.2) is 40.0 Å². The van der Waals surface area contributed by atoms with E-state index < -0.39 is 5.97 Å². The fourth-order valence-electron chi connectivity index (χ4n) is 6.50. The number of hydrogen-bond acceptors (Lipinski definition) is 3. The predicted molar refractivity (Wildman–Crippen MR) is 147 cm³/mol. The quantitative estimate of drug-likeness (QED) is 0.391. The second-order valence-electron chi connectivity index (χ2n) is 10.6. The molecule has 5 rings (SSSR count). The van der Waals surface area contributed by atoms with Crippen LogP contribution in [0.25, 0.3) is 0 Å². The summed E-state index contributed by atoms with van der Waals surface area (Å²) in [5.41, 5.74) is 5.01. The zero-order chi connectivity index (χ0) is 25.4. The number of likely N-dealkylation sites (tertiary alicyclic amines) is 1. The number of pyridine rings is 1. The molecule has 1 amide bonds. The summed E-state index contributed by atoms with van der Waals surface area (Å²) in [5, 5.41) is 9.98. The highest BCUT2D eigenvalue weighted by molar-refractivity contribution is 9.10. The van der Waals surface area contributed by atoms with Gasteiger partial charge in [-0.2, -0.15) is 0 Å². The average Bonchev–Trinajstić information content (AvgIpc) is 3.01. The van der Waals surface area contributed by atoms with Crippen LogP contribution in [0, 0.1) is 17.8 Å². The maximum Gasteiger partial charge on any atom is 0.306 e. The van der Waals surface area contributed by atoms with Gasteiger partial charge in [-0.3, -0.25) is 14.6 Å². The van der Waals surface area contributed by atoms with E-state index in [0.717, 1.165) is 71.3 Å². The minimum absolute atomic E-state index is 0.167. The van der Waals surface area contributed by atoms with Gasteiger partial charge in [0.1, 0.15) is 0 Å². The van der Waals surface area contributed by atoms with E-state index in [-0.39, 0.29) is 17.7 Å². The van der Waals surface area contributed by atoms with Crippen LogP contribution < -0.4 is 0 Å². The predicted octanol–water partition coefficient (Wildman–Crippen LogP) is 7.01. The fraction of sp³-hybridized carbons (Fsp3) is 0.536. The Morgan fingerprint density at radius 2 is 1.69 bits per heavy atom. The number of aliphatic carboxylic acids is 1. The highest BCUT2D eigenvalue weighted by atomic mass is 79.9. The Bertz CT molecular complexity index is 1160. The molecule has 36 heavy (non-hydrogen) atoms. The van der Waals surface area contributed by atoms with Gasteiger partial charge in [-0.1, -0.05) is 27.5 Å². The van der Waals surface area contributed by atoms with Gasteiger partial charge in [0.15, 0.2) is 0 Å². The van der Waals surface area contributed by atoms with Gasteiger partial charge in [-0.25, -0.2) is 0 Å². The van der Waals surface area contributed by atoms with Crippen molar-refractivity contribution in [2.75, 3.05) is 13.1 Å². The zero-order valence-electron chi connectivity index (χ0n) is 20.2. The maximum atomic E-state index is 13.1. The number of aryl methyl sites for hydroxylation is 2. The first-order chi connectivity index (χ1) is 17.3. The molecule has 1 atom stereocenters. The Kier molecular flexibility index (Phi) is 8.09. The molecular formula is C28H31Br2ClN2O3. The van der Waals surface area contributed by atoms with Crippen molar-refractivity contribution < 1.29 is 14.7 Å². The molecule has 3 aliphatic rings. The van der Waals surface area contributed by atoms with E-state index >= 15 is 0 Å². The van der Waals surface area contributed by atoms with Gasteiger partial charge in [0.25, 0.3) is 0 Å². The number of carboxylic acid groups (broad SMARTS) is 1. The first-order valence-corrected chi connectivity index (χ1v) is 14.9. The lowest BCUT2D eigenvalue weighted by molar-refractivity contribution is -0.143. The lowest BCUT2D eigenvalue weighted by Crippen LogP contribution is -2.41. The third-order valence-corrected chi connectivity index (χ3v) is 9.75. The molecule has 0 radical (unpaired) electrons. The largest absolute Gasteiger partial charge is 0.481 e. The molecule has 1 aromatic carbocycles. The van der Waals surface area contributed by atoms with Gasteiger partial charge in [0.05, 0.1) is 11.6 Å². The third-order valence-electron chi connectivity index (χ3n) is 8.44. The van der Waals surface area contributed by atoms with Crippen LogP contribution in [0.3, 0.4) is 0 Å². The first-order valence-electron chi connectivity index (χ1n) is 12.9. The molecule has 1 aliphatic heterocycles. The van der Waals surface area contributed by atoms with E-state index in [1.165, 1.54) is 16.7 Å². The minimum Gasteiger partial charge on any atom is -0.481 e. The van der Waals surface area contributed by atoms with E-state index in [2.05, 4.69) is 44.0 Å². The second kappa shape index (κ2) is 11.1. The van der Waals surface area contributed by atoms with Crippen LogP contribution in [0.5, 0.6) is 0 Å². The Morgan fingerprint density at radius 3 is 2.39 bits per heavy atom. The summed E-state index contributed by atoms with van der Waals surface area (Å²) in [7, 11) is 0. The molecule has 2 heterocycles. The van der Waals surface area contributed by atoms with E-state index in [1.54, 1.807) is 0 Å². The van der Waals surface area contributed by atoms with E-state index in [4.69, 9.17) is 16.6 Å². The number of benzene rings is 1. The molecule has 0 unspecified atom stereocenters. The number of carbonyl (C=O) groups is 2. The molecule has 2 aromatic rings. The number of fused-ring (bicyclic) bond motifs is 2. The second-order valence-corrected chi connectivity index (χ2v) is 12.8. The van der Waals surface area contributed by atoms with Crippen molar-refractivity contribution in [2.24, 2.45) is 17.8 Å². The number of halogens is 3. The van der Waals surface area contributed by atoms with Crippen molar-refractivity contribution in [3.8, 4) is 0 Å². The first kappa shape index (κ1) is 26.2. The topological polar surface area (TPSA) is 70.5 Å². The van der Waals surface area contributed by atoms with Gasteiger partial charge in [0.2, 0.25) is 5.91 Å². The van der Waals surface area contributed by atoms with Crippen LogP contribution in [0.4, 0.5) is 0 Å². The van der Waals surface area contributed by atoms with Crippen molar-refractivity contribution in [1.82, 2.24) is 9.88 Å². The maximum absolute atomic E-state index is 13.1. The van der Waals surface area contributed by atoms with Crippen LogP contribution in [0.2, 0.25) is 5.02 Å². The van der Waals surface area contributed by atoms with Crippen LogP contribution >= 0.6 is 43.5 Å². The van der Waals surface area contributed by atoms with Gasteiger partial charge in [-0.15, -0.1) is 0 Å². The monoisotopic (exact) mass is 636 g/mol. The Hall–Kier alpha value is -1.44. The van der Waals surface area contributed by atoms with Crippen molar-refractivity contribution >= 4 is 55.3 Å². The molecule has 192 valence electrons. The number of amides is 1. The molecular weight excluding hydrogens is 608 g/mol. The molecule has 1 saturated heterocycles. The summed E-state index contributed by atoms with van der Waals surface area (Å²) < 4.78 is 2.05. The van der Waals surface area contributed by atoms with Crippen molar-refractivity contribution in [3.05, 3.63) is 60.7 Å². The molecule has 0 bridgehead atoms. The number of aromatic nitrogens is 1. The SMILES string of the molecule is O=C(O)C1CCC(CC(=O)N2CCC([C@H]3c4ncc(Br)cc4CCc4cc(Cl)cc(Br)c43)CC2)CC1. The fourth-order valence-corrected chi connectivity index (χ4v) is 8.00. The van der Waals surface area contributed by atoms with Gasteiger partial charge in [-0.05, 0) is 114 Å². The molecule has 2 aliphatic carbocycles. The number of piperidine rings is 1. The van der Waals surface area contributed by atoms with E-state index in [9.17, 15) is 14.7 Å². The third kappa shape index (κ3) is 5.53. The summed E-state index contributed by atoms with van der Waals surface area (Å²) >= 11 is 13.9. The van der Waals surface area contributed by atoms with Gasteiger partial charge >= 0.3 is 5.97 Å². The number of rotatable bonds is 4. The number of carbonyl (C=O) groups excluding carboxylic acids is 1. The zero-order valence-corrected chi connectivity index (χ0v) is 24.1. The van der Waals surface area contributed by atoms with E-state index in [0.29, 0.717) is 31.1 Å². The van der Waals surface area contributed by atoms with Crippen molar-refractivity contribution in [2.45, 2.75) is 63.7 Å². The van der Waals surface area contributed by atoms with Crippen molar-refractivity contribution in [3.63, 3.8) is 0 Å². The average molecular weight is 639 g/mol. The Balaban J connectivity index is 1.31. The summed E-state index contributed by atoms with van der Waals surface area (Å²) in [4.78, 5) is 31.3. The molecule has 5 nitrogen and oxygen atoms in total. The summed E-state index contributed by atoms with van der Waals surface area (Å²) in [6.45, 7) is 1.52. The lowest BCUT2D eigenvalue weighted by atomic mass is 9.76. The Morgan fingerprint density at radius 1 is 1.00 bits per heavy atom. The minimum atomic E-state index is -0.695. The molecule has 1 N–H and O–H groups in total. The van der Waals surface area contributed by atoms with Gasteiger partial charge < -0.3 is 10.0 Å². The lowest BCUT2D eigenvalue weighted by Gasteiger charge is -2.38. The molecule has 2 fully saturated rings. The molecule has 0 spiro atoms. The van der Waals surface area contributed by atoms with Crippen LogP contribution in [-0.2, 0) is 22.4 Å². The summed E-state index contributed by atoms with van der Waals surface area (Å²) in [5.74, 6) is 0.168. The Labute approximate surface area is 234 Å². The normalized spacial score (nSPS) is 24.5. The van der Waals surface area contributed by atoms with Crippen LogP contribution in [0.15, 0.2) is 33.3 Å². The van der Waals surface area contributed by atoms with E-state index in [1.807, 2.05) is 17.2 Å². The van der Waals surface area contributed by atoms with Gasteiger partial charge in [0, 0.05) is 45.6 Å². The number of carboxylic acids is 1. The number of nitrogens with zero attached hydrogens (tertiary/aromatic N) is 2. The molecule has 8 heteroatoms. The van der Waals surface area contributed by atoms with Crippen LogP contribution in [0.1, 0.15) is 73.2 Å². The highest BCUT2D eigenvalue weighted by Gasteiger charge is 2.37. The molecule has 1 aromatic heterocycles. The summed E-state index contributed by atoms with van der Waals surface area (Å²) in [6.07, 6.45) is 9.25. The smallest absolute Gasteiger partial charge is 0.306 e. The number of hydrogen-bond donors (Lipinski definition) is 1.